The van der Waals surface area contributed by atoms with Crippen molar-refractivity contribution < 1.29 is 29.0 Å². The first-order valence-electron chi connectivity index (χ1n) is 11.1. The van der Waals surface area contributed by atoms with Crippen LogP contribution in [0.4, 0.5) is 5.69 Å². The van der Waals surface area contributed by atoms with E-state index in [1.165, 1.54) is 4.90 Å². The Morgan fingerprint density at radius 1 is 1.31 bits per heavy atom. The molecular formula is C23H29ClN2O6. The lowest BCUT2D eigenvalue weighted by molar-refractivity contribution is -0.158. The van der Waals surface area contributed by atoms with Crippen molar-refractivity contribution in [3.8, 4) is 0 Å². The summed E-state index contributed by atoms with van der Waals surface area (Å²) < 4.78 is 11.8. The van der Waals surface area contributed by atoms with Crippen molar-refractivity contribution in [2.45, 2.75) is 56.8 Å². The maximum Gasteiger partial charge on any atom is 0.312 e. The van der Waals surface area contributed by atoms with Crippen molar-refractivity contribution in [1.29, 1.82) is 0 Å². The normalized spacial score (nSPS) is 32.8. The minimum Gasteiger partial charge on any atom is -0.466 e. The number of aliphatic hydroxyl groups is 1. The van der Waals surface area contributed by atoms with Crippen LogP contribution in [0.2, 0.25) is 5.02 Å². The van der Waals surface area contributed by atoms with E-state index in [1.54, 1.807) is 31.2 Å². The highest BCUT2D eigenvalue weighted by Crippen LogP contribution is 2.63. The number of carbonyl (C=O) groups is 3. The molecule has 4 rings (SSSR count). The van der Waals surface area contributed by atoms with Crippen molar-refractivity contribution in [3.63, 3.8) is 0 Å². The number of carbonyl (C=O) groups excluding carboxylic acids is 3. The molecule has 1 aromatic rings. The molecule has 5 atom stereocenters. The van der Waals surface area contributed by atoms with E-state index in [-0.39, 0.29) is 25.7 Å². The van der Waals surface area contributed by atoms with Gasteiger partial charge in [0.05, 0.1) is 28.8 Å². The summed E-state index contributed by atoms with van der Waals surface area (Å²) in [4.78, 5) is 41.6. The Hall–Kier alpha value is -2.16. The molecule has 9 heteroatoms. The predicted octanol–water partition coefficient (Wildman–Crippen LogP) is 2.38. The maximum atomic E-state index is 13.6. The fourth-order valence-corrected chi connectivity index (χ4v) is 5.90. The molecular weight excluding hydrogens is 436 g/mol. The number of likely N-dealkylation sites (tertiary alicyclic amines) is 1. The number of nitrogens with one attached hydrogen (secondary N) is 1. The van der Waals surface area contributed by atoms with Crippen LogP contribution in [-0.2, 0) is 23.9 Å². The molecule has 0 aliphatic carbocycles. The highest BCUT2D eigenvalue weighted by molar-refractivity contribution is 6.33. The van der Waals surface area contributed by atoms with E-state index in [2.05, 4.69) is 5.32 Å². The van der Waals surface area contributed by atoms with Crippen LogP contribution in [0.1, 0.15) is 39.5 Å². The van der Waals surface area contributed by atoms with Gasteiger partial charge < -0.3 is 24.8 Å². The Balaban J connectivity index is 1.71. The van der Waals surface area contributed by atoms with Gasteiger partial charge in [0.1, 0.15) is 17.6 Å². The van der Waals surface area contributed by atoms with Gasteiger partial charge in [0.2, 0.25) is 11.8 Å². The maximum absolute atomic E-state index is 13.6. The first-order valence-corrected chi connectivity index (χ1v) is 11.5. The van der Waals surface area contributed by atoms with Gasteiger partial charge in [0, 0.05) is 13.2 Å². The number of amides is 2. The van der Waals surface area contributed by atoms with Crippen LogP contribution in [0.25, 0.3) is 0 Å². The third kappa shape index (κ3) is 3.49. The monoisotopic (exact) mass is 464 g/mol. The number of halogens is 1. The second kappa shape index (κ2) is 8.65. The summed E-state index contributed by atoms with van der Waals surface area (Å²) in [5.41, 5.74) is -1.51. The molecule has 3 aliphatic rings. The Bertz CT molecular complexity index is 926. The van der Waals surface area contributed by atoms with E-state index in [1.807, 2.05) is 6.92 Å². The Labute approximate surface area is 192 Å². The molecule has 8 nitrogen and oxygen atoms in total. The van der Waals surface area contributed by atoms with E-state index in [0.717, 1.165) is 0 Å². The number of unbranched alkanes of at least 4 members (excludes halogenated alkanes) is 1. The van der Waals surface area contributed by atoms with E-state index in [9.17, 15) is 19.5 Å². The van der Waals surface area contributed by atoms with Crippen molar-refractivity contribution in [3.05, 3.63) is 29.3 Å². The molecule has 2 N–H and O–H groups in total. The van der Waals surface area contributed by atoms with Crippen LogP contribution in [0, 0.1) is 11.8 Å². The van der Waals surface area contributed by atoms with Crippen molar-refractivity contribution in [2.75, 3.05) is 25.1 Å². The molecule has 2 unspecified atom stereocenters. The number of para-hydroxylation sites is 1. The number of rotatable bonds is 8. The zero-order valence-corrected chi connectivity index (χ0v) is 19.1. The largest absolute Gasteiger partial charge is 0.466 e. The molecule has 0 saturated carbocycles. The van der Waals surface area contributed by atoms with Gasteiger partial charge in [0.15, 0.2) is 0 Å². The molecule has 3 fully saturated rings. The Kier molecular flexibility index (Phi) is 6.22. The van der Waals surface area contributed by atoms with Gasteiger partial charge in [-0.15, -0.1) is 0 Å². The topological polar surface area (TPSA) is 105 Å². The van der Waals surface area contributed by atoms with Gasteiger partial charge in [0.25, 0.3) is 0 Å². The summed E-state index contributed by atoms with van der Waals surface area (Å²) in [6, 6.07) is 5.98. The van der Waals surface area contributed by atoms with Crippen LogP contribution in [0.5, 0.6) is 0 Å². The molecule has 1 spiro atoms. The number of ether oxygens (including phenoxy) is 2. The van der Waals surface area contributed by atoms with E-state index >= 15 is 0 Å². The summed E-state index contributed by atoms with van der Waals surface area (Å²) in [7, 11) is 0. The first kappa shape index (κ1) is 23.0. The number of anilines is 1. The minimum atomic E-state index is -1.10. The number of benzene rings is 1. The molecule has 3 saturated heterocycles. The first-order chi connectivity index (χ1) is 15.3. The average Bonchev–Trinajstić information content (AvgIpc) is 3.31. The summed E-state index contributed by atoms with van der Waals surface area (Å²) in [6.07, 6.45) is 2.08. The van der Waals surface area contributed by atoms with Gasteiger partial charge in [-0.3, -0.25) is 14.4 Å². The van der Waals surface area contributed by atoms with Crippen LogP contribution < -0.4 is 5.32 Å². The summed E-state index contributed by atoms with van der Waals surface area (Å²) in [6.45, 7) is 4.03. The number of hydrogen-bond acceptors (Lipinski definition) is 6. The molecule has 1 aromatic carbocycles. The molecule has 0 aromatic heterocycles. The molecule has 3 aliphatic heterocycles. The molecule has 2 amide bonds. The summed E-state index contributed by atoms with van der Waals surface area (Å²) in [5, 5.41) is 12.4. The van der Waals surface area contributed by atoms with Gasteiger partial charge in [-0.1, -0.05) is 23.7 Å². The van der Waals surface area contributed by atoms with E-state index < -0.39 is 41.0 Å². The van der Waals surface area contributed by atoms with Crippen molar-refractivity contribution >= 4 is 35.1 Å². The van der Waals surface area contributed by atoms with Crippen LogP contribution in [-0.4, -0.2) is 64.8 Å². The number of esters is 1. The van der Waals surface area contributed by atoms with Gasteiger partial charge in [-0.2, -0.15) is 0 Å². The molecule has 32 heavy (non-hydrogen) atoms. The fourth-order valence-electron chi connectivity index (χ4n) is 5.71. The highest BCUT2D eigenvalue weighted by Gasteiger charge is 2.78. The number of nitrogens with zero attached hydrogens (tertiary/aromatic N) is 1. The lowest BCUT2D eigenvalue weighted by Gasteiger charge is -2.33. The smallest absolute Gasteiger partial charge is 0.312 e. The summed E-state index contributed by atoms with van der Waals surface area (Å²) in [5.74, 6) is -2.67. The predicted molar refractivity (Wildman–Crippen MR) is 117 cm³/mol. The van der Waals surface area contributed by atoms with Gasteiger partial charge in [-0.25, -0.2) is 0 Å². The summed E-state index contributed by atoms with van der Waals surface area (Å²) >= 11 is 6.24. The van der Waals surface area contributed by atoms with Crippen LogP contribution >= 0.6 is 11.6 Å². The van der Waals surface area contributed by atoms with Crippen LogP contribution in [0.15, 0.2) is 24.3 Å². The molecule has 2 bridgehead atoms. The second-order valence-electron chi connectivity index (χ2n) is 8.91. The molecule has 0 radical (unpaired) electrons. The number of fused-ring (bicyclic) bond motifs is 1. The average molecular weight is 465 g/mol. The van der Waals surface area contributed by atoms with Crippen molar-refractivity contribution in [1.82, 2.24) is 4.90 Å². The van der Waals surface area contributed by atoms with E-state index in [4.69, 9.17) is 21.1 Å². The van der Waals surface area contributed by atoms with Gasteiger partial charge in [-0.05, 0) is 51.7 Å². The second-order valence-corrected chi connectivity index (χ2v) is 9.32. The van der Waals surface area contributed by atoms with Crippen LogP contribution in [0.3, 0.4) is 0 Å². The third-order valence-electron chi connectivity index (χ3n) is 7.00. The van der Waals surface area contributed by atoms with E-state index in [0.29, 0.717) is 36.4 Å². The zero-order chi connectivity index (χ0) is 23.1. The lowest BCUT2D eigenvalue weighted by atomic mass is 9.66. The van der Waals surface area contributed by atoms with Crippen molar-refractivity contribution in [2.24, 2.45) is 11.8 Å². The minimum absolute atomic E-state index is 0.00684. The number of aliphatic hydroxyl groups excluding tert-OH is 1. The van der Waals surface area contributed by atoms with Gasteiger partial charge >= 0.3 is 5.97 Å². The fraction of sp³-hybridized carbons (Fsp3) is 0.609. The Morgan fingerprint density at radius 2 is 2.06 bits per heavy atom. The highest BCUT2D eigenvalue weighted by atomic mass is 35.5. The quantitative estimate of drug-likeness (QED) is 0.452. The SMILES string of the molecule is CCOC(=O)[C@@H]1[C@H]2C(=O)N(CCCCO)C(C(=O)Nc3ccccc3Cl)C23CC[C@@]1(C)O3. The molecule has 3 heterocycles. The lowest BCUT2D eigenvalue weighted by Crippen LogP contribution is -2.53. The molecule has 174 valence electrons. The zero-order valence-electron chi connectivity index (χ0n) is 18.3. The number of hydrogen-bond donors (Lipinski definition) is 2. The standard InChI is InChI=1S/C23H29ClN2O6/c1-3-31-21(30)17-16-20(29)26(12-6-7-13-27)18(23(16)11-10-22(17,2)32-23)19(28)25-15-9-5-4-8-14(15)24/h4-5,8-9,16-18,27H,3,6-7,10-13H2,1-2H3,(H,25,28)/t16-,17-,18?,22+,23?/m0/s1. The Morgan fingerprint density at radius 3 is 2.75 bits per heavy atom. The third-order valence-corrected chi connectivity index (χ3v) is 7.33.